The lowest BCUT2D eigenvalue weighted by atomic mass is 9.75. The van der Waals surface area contributed by atoms with E-state index in [0.29, 0.717) is 21.7 Å². The largest absolute Gasteiger partial charge is 0.490 e. The average molecular weight is 534 g/mol. The maximum Gasteiger partial charge on any atom is 0.327 e. The van der Waals surface area contributed by atoms with Gasteiger partial charge in [-0.1, -0.05) is 60.1 Å². The molecule has 2 heterocycles. The maximum atomic E-state index is 14.2. The van der Waals surface area contributed by atoms with E-state index in [1.165, 1.54) is 24.1 Å². The average Bonchev–Trinajstić information content (AvgIpc) is 3.40. The second kappa shape index (κ2) is 9.90. The Bertz CT molecular complexity index is 1430. The number of Topliss-reactive ketones (excluding diaryl/α,β-unsaturated/α-hetero) is 1. The van der Waals surface area contributed by atoms with Gasteiger partial charge in [0.25, 0.3) is 5.91 Å². The van der Waals surface area contributed by atoms with Gasteiger partial charge in [0.15, 0.2) is 11.5 Å². The third kappa shape index (κ3) is 3.99. The van der Waals surface area contributed by atoms with Crippen molar-refractivity contribution in [2.45, 2.75) is 24.9 Å². The summed E-state index contributed by atoms with van der Waals surface area (Å²) in [5.41, 5.74) is 1.15. The van der Waals surface area contributed by atoms with Crippen LogP contribution in [0.15, 0.2) is 72.8 Å². The molecule has 0 aromatic heterocycles. The highest BCUT2D eigenvalue weighted by atomic mass is 35.5. The SMILES string of the molecule is CCN1C(=O)C2C(c3ccc(Cl)cc3)C(C(=O)c3ccccc3)C(c3ccc(OC)c([N+](=O)[O-])c3)N2C1=O. The van der Waals surface area contributed by atoms with Crippen molar-refractivity contribution in [1.29, 1.82) is 0 Å². The van der Waals surface area contributed by atoms with Crippen LogP contribution >= 0.6 is 11.6 Å². The van der Waals surface area contributed by atoms with E-state index in [-0.39, 0.29) is 23.8 Å². The zero-order chi connectivity index (χ0) is 27.1. The highest BCUT2D eigenvalue weighted by Gasteiger charge is 2.63. The van der Waals surface area contributed by atoms with E-state index < -0.39 is 40.8 Å². The Morgan fingerprint density at radius 1 is 1.00 bits per heavy atom. The fourth-order valence-corrected chi connectivity index (χ4v) is 5.81. The lowest BCUT2D eigenvalue weighted by Gasteiger charge is -2.28. The van der Waals surface area contributed by atoms with Crippen molar-refractivity contribution >= 4 is 35.0 Å². The summed E-state index contributed by atoms with van der Waals surface area (Å²) in [7, 11) is 1.33. The number of nitrogens with zero attached hydrogens (tertiary/aromatic N) is 3. The number of fused-ring (bicyclic) bond motifs is 1. The predicted molar refractivity (Wildman–Crippen MR) is 139 cm³/mol. The minimum Gasteiger partial charge on any atom is -0.490 e. The van der Waals surface area contributed by atoms with Crippen LogP contribution < -0.4 is 4.74 Å². The molecule has 0 N–H and O–H groups in total. The summed E-state index contributed by atoms with van der Waals surface area (Å²) in [4.78, 5) is 55.3. The molecule has 0 bridgehead atoms. The number of ketones is 1. The number of ether oxygens (including phenoxy) is 1. The monoisotopic (exact) mass is 533 g/mol. The molecule has 3 aromatic carbocycles. The number of rotatable bonds is 7. The molecule has 5 rings (SSSR count). The molecule has 9 nitrogen and oxygen atoms in total. The number of amides is 3. The normalized spacial score (nSPS) is 22.5. The molecule has 4 unspecified atom stereocenters. The molecular formula is C28H24ClN3O6. The van der Waals surface area contributed by atoms with Crippen molar-refractivity contribution in [3.63, 3.8) is 0 Å². The van der Waals surface area contributed by atoms with Crippen LogP contribution in [0.1, 0.15) is 40.4 Å². The van der Waals surface area contributed by atoms with Crippen molar-refractivity contribution in [2.75, 3.05) is 13.7 Å². The van der Waals surface area contributed by atoms with Gasteiger partial charge in [0.05, 0.1) is 24.0 Å². The number of benzene rings is 3. The van der Waals surface area contributed by atoms with Crippen molar-refractivity contribution in [2.24, 2.45) is 5.92 Å². The van der Waals surface area contributed by atoms with Crippen LogP contribution in [0, 0.1) is 16.0 Å². The van der Waals surface area contributed by atoms with Crippen LogP contribution in [-0.2, 0) is 4.79 Å². The van der Waals surface area contributed by atoms with E-state index in [0.717, 1.165) is 4.90 Å². The Hall–Kier alpha value is -4.24. The van der Waals surface area contributed by atoms with Crippen LogP contribution in [0.5, 0.6) is 5.75 Å². The van der Waals surface area contributed by atoms with Crippen LogP contribution in [0.4, 0.5) is 10.5 Å². The second-order valence-electron chi connectivity index (χ2n) is 9.18. The van der Waals surface area contributed by atoms with E-state index in [1.807, 2.05) is 0 Å². The number of carbonyl (C=O) groups excluding carboxylic acids is 3. The van der Waals surface area contributed by atoms with Gasteiger partial charge in [-0.15, -0.1) is 0 Å². The van der Waals surface area contributed by atoms with Gasteiger partial charge < -0.3 is 9.64 Å². The fraction of sp³-hybridized carbons (Fsp3) is 0.250. The Kier molecular flexibility index (Phi) is 6.62. The molecule has 3 aromatic rings. The number of carbonyl (C=O) groups is 3. The molecule has 0 aliphatic carbocycles. The first-order valence-corrected chi connectivity index (χ1v) is 12.5. The van der Waals surface area contributed by atoms with E-state index >= 15 is 0 Å². The van der Waals surface area contributed by atoms with Crippen LogP contribution in [0.25, 0.3) is 0 Å². The topological polar surface area (TPSA) is 110 Å². The minimum absolute atomic E-state index is 0.0486. The number of nitro benzene ring substituents is 1. The molecular weight excluding hydrogens is 510 g/mol. The number of nitro groups is 1. The maximum absolute atomic E-state index is 14.2. The van der Waals surface area contributed by atoms with Gasteiger partial charge in [0, 0.05) is 29.1 Å². The number of methoxy groups -OCH3 is 1. The number of likely N-dealkylation sites (N-methyl/N-ethyl adjacent to an activating group) is 1. The zero-order valence-corrected chi connectivity index (χ0v) is 21.4. The molecule has 0 spiro atoms. The molecule has 2 aliphatic rings. The van der Waals surface area contributed by atoms with Crippen molar-refractivity contribution in [3.8, 4) is 5.75 Å². The van der Waals surface area contributed by atoms with E-state index in [2.05, 4.69) is 0 Å². The highest BCUT2D eigenvalue weighted by Crippen LogP contribution is 2.54. The van der Waals surface area contributed by atoms with Gasteiger partial charge in [0.2, 0.25) is 0 Å². The van der Waals surface area contributed by atoms with E-state index in [9.17, 15) is 24.5 Å². The molecule has 0 saturated carbocycles. The van der Waals surface area contributed by atoms with Crippen LogP contribution in [0.2, 0.25) is 5.02 Å². The van der Waals surface area contributed by atoms with Crippen LogP contribution in [0.3, 0.4) is 0 Å². The summed E-state index contributed by atoms with van der Waals surface area (Å²) in [5, 5.41) is 12.3. The molecule has 3 amide bonds. The Morgan fingerprint density at radius 2 is 1.66 bits per heavy atom. The molecule has 2 fully saturated rings. The quantitative estimate of drug-likeness (QED) is 0.178. The predicted octanol–water partition coefficient (Wildman–Crippen LogP) is 5.25. The summed E-state index contributed by atoms with van der Waals surface area (Å²) in [5.74, 6) is -2.24. The van der Waals surface area contributed by atoms with E-state index in [1.54, 1.807) is 67.6 Å². The Morgan fingerprint density at radius 3 is 2.26 bits per heavy atom. The number of urea groups is 1. The lowest BCUT2D eigenvalue weighted by Crippen LogP contribution is -2.38. The molecule has 4 atom stereocenters. The third-order valence-electron chi connectivity index (χ3n) is 7.31. The standard InChI is InChI=1S/C28H24ClN3O6/c1-3-30-27(34)25-22(16-9-12-19(29)13-10-16)23(26(33)17-7-5-4-6-8-17)24(31(25)28(30)35)18-11-14-21(38-2)20(15-18)32(36)37/h4-15,22-25H,3H2,1-2H3. The lowest BCUT2D eigenvalue weighted by molar-refractivity contribution is -0.385. The third-order valence-corrected chi connectivity index (χ3v) is 7.56. The molecule has 2 aliphatic heterocycles. The van der Waals surface area contributed by atoms with Gasteiger partial charge in [-0.05, 0) is 36.2 Å². The molecule has 2 saturated heterocycles. The Labute approximate surface area is 223 Å². The van der Waals surface area contributed by atoms with Gasteiger partial charge in [0.1, 0.15) is 6.04 Å². The number of hydrogen-bond donors (Lipinski definition) is 0. The second-order valence-corrected chi connectivity index (χ2v) is 9.62. The molecule has 0 radical (unpaired) electrons. The summed E-state index contributed by atoms with van der Waals surface area (Å²) in [6, 6.07) is 17.4. The van der Waals surface area contributed by atoms with Gasteiger partial charge in [-0.3, -0.25) is 24.6 Å². The first-order chi connectivity index (χ1) is 18.3. The summed E-state index contributed by atoms with van der Waals surface area (Å²) < 4.78 is 5.16. The minimum atomic E-state index is -0.965. The first-order valence-electron chi connectivity index (χ1n) is 12.1. The van der Waals surface area contributed by atoms with Gasteiger partial charge >= 0.3 is 11.7 Å². The molecule has 194 valence electrons. The molecule has 10 heteroatoms. The first kappa shape index (κ1) is 25.4. The van der Waals surface area contributed by atoms with Crippen molar-refractivity contribution in [3.05, 3.63) is 105 Å². The number of halogens is 1. The fourth-order valence-electron chi connectivity index (χ4n) is 5.68. The summed E-state index contributed by atoms with van der Waals surface area (Å²) in [6.45, 7) is 1.86. The number of imide groups is 1. The Balaban J connectivity index is 1.76. The van der Waals surface area contributed by atoms with Crippen molar-refractivity contribution in [1.82, 2.24) is 9.80 Å². The zero-order valence-electron chi connectivity index (χ0n) is 20.6. The summed E-state index contributed by atoms with van der Waals surface area (Å²) in [6.07, 6.45) is 0. The number of hydrogen-bond acceptors (Lipinski definition) is 6. The summed E-state index contributed by atoms with van der Waals surface area (Å²) >= 11 is 6.14. The van der Waals surface area contributed by atoms with Crippen LogP contribution in [-0.4, -0.2) is 52.1 Å². The molecule has 38 heavy (non-hydrogen) atoms. The van der Waals surface area contributed by atoms with Crippen molar-refractivity contribution < 1.29 is 24.0 Å². The van der Waals surface area contributed by atoms with Gasteiger partial charge in [-0.25, -0.2) is 4.79 Å². The van der Waals surface area contributed by atoms with Gasteiger partial charge in [-0.2, -0.15) is 0 Å². The van der Waals surface area contributed by atoms with E-state index in [4.69, 9.17) is 16.3 Å². The highest BCUT2D eigenvalue weighted by molar-refractivity contribution is 6.30. The smallest absolute Gasteiger partial charge is 0.327 e.